The summed E-state index contributed by atoms with van der Waals surface area (Å²) in [6, 6.07) is 25.9. The smallest absolute Gasteiger partial charge is 0.0975 e. The quantitative estimate of drug-likeness (QED) is 0.268. The van der Waals surface area contributed by atoms with Crippen LogP contribution >= 0.6 is 46.7 Å². The number of hydrogen-bond donors (Lipinski definition) is 0. The molecule has 142 valence electrons. The molecule has 0 N–H and O–H groups in total. The molecule has 3 aromatic carbocycles. The third-order valence-corrected chi connectivity index (χ3v) is 6.10. The van der Waals surface area contributed by atoms with Crippen molar-refractivity contribution in [3.8, 4) is 0 Å². The van der Waals surface area contributed by atoms with Crippen LogP contribution in [0.2, 0.25) is 10.0 Å². The summed E-state index contributed by atoms with van der Waals surface area (Å²) in [6.07, 6.45) is 2.08. The van der Waals surface area contributed by atoms with Crippen LogP contribution in [0.1, 0.15) is 11.1 Å². The van der Waals surface area contributed by atoms with Crippen LogP contribution in [0.25, 0.3) is 0 Å². The molecule has 0 unspecified atom stereocenters. The highest BCUT2D eigenvalue weighted by molar-refractivity contribution is 8.13. The Morgan fingerprint density at radius 2 is 1.32 bits per heavy atom. The topological polar surface area (TPSA) is 12.4 Å². The van der Waals surface area contributed by atoms with Gasteiger partial charge in [-0.05, 0) is 59.0 Å². The molecule has 0 aliphatic carbocycles. The molecule has 0 radical (unpaired) electrons. The van der Waals surface area contributed by atoms with Crippen molar-refractivity contribution in [2.24, 2.45) is 4.99 Å². The highest BCUT2D eigenvalue weighted by Gasteiger charge is 2.01. The summed E-state index contributed by atoms with van der Waals surface area (Å²) in [5, 5.41) is 4.60. The van der Waals surface area contributed by atoms with Gasteiger partial charge in [0.15, 0.2) is 0 Å². The lowest BCUT2D eigenvalue weighted by Crippen LogP contribution is -1.89. The lowest BCUT2D eigenvalue weighted by Gasteiger charge is -2.04. The van der Waals surface area contributed by atoms with Crippen LogP contribution in [0, 0.1) is 0 Å². The normalized spacial score (nSPS) is 11.9. The van der Waals surface area contributed by atoms with Gasteiger partial charge in [-0.25, -0.2) is 4.99 Å². The first-order chi connectivity index (χ1) is 13.7. The Balaban J connectivity index is 1.64. The van der Waals surface area contributed by atoms with Crippen molar-refractivity contribution in [2.75, 3.05) is 0 Å². The van der Waals surface area contributed by atoms with Crippen LogP contribution in [-0.2, 0) is 11.5 Å². The van der Waals surface area contributed by atoms with E-state index in [4.69, 9.17) is 28.2 Å². The zero-order valence-electron chi connectivity index (χ0n) is 15.1. The monoisotopic (exact) mass is 443 g/mol. The molecule has 28 heavy (non-hydrogen) atoms. The number of thioether (sulfide) groups is 2. The van der Waals surface area contributed by atoms with Gasteiger partial charge < -0.3 is 0 Å². The molecule has 0 aliphatic rings. The van der Waals surface area contributed by atoms with E-state index >= 15 is 0 Å². The number of nitrogens with zero attached hydrogens (tertiary/aromatic N) is 1. The second-order valence-electron chi connectivity index (χ2n) is 5.94. The average molecular weight is 444 g/mol. The van der Waals surface area contributed by atoms with Crippen molar-refractivity contribution < 1.29 is 0 Å². The molecule has 0 amide bonds. The van der Waals surface area contributed by atoms with Crippen LogP contribution in [-0.4, -0.2) is 5.04 Å². The molecule has 0 saturated carbocycles. The Labute approximate surface area is 184 Å². The fourth-order valence-corrected chi connectivity index (χ4v) is 4.20. The Morgan fingerprint density at radius 1 is 0.750 bits per heavy atom. The lowest BCUT2D eigenvalue weighted by atomic mass is 10.2. The van der Waals surface area contributed by atoms with E-state index in [-0.39, 0.29) is 0 Å². The Bertz CT molecular complexity index is 921. The predicted octanol–water partition coefficient (Wildman–Crippen LogP) is 8.40. The van der Waals surface area contributed by atoms with E-state index in [0.29, 0.717) is 0 Å². The van der Waals surface area contributed by atoms with Crippen LogP contribution in [0.5, 0.6) is 0 Å². The maximum atomic E-state index is 5.97. The van der Waals surface area contributed by atoms with E-state index in [0.717, 1.165) is 32.3 Å². The first-order valence-corrected chi connectivity index (χ1v) is 11.5. The predicted molar refractivity (Wildman–Crippen MR) is 128 cm³/mol. The lowest BCUT2D eigenvalue weighted by molar-refractivity contribution is 1.42. The number of halogens is 2. The van der Waals surface area contributed by atoms with Crippen molar-refractivity contribution in [1.82, 2.24) is 0 Å². The van der Waals surface area contributed by atoms with Gasteiger partial charge in [0.05, 0.1) is 10.7 Å². The molecular weight excluding hydrogens is 425 g/mol. The van der Waals surface area contributed by atoms with E-state index < -0.39 is 0 Å². The van der Waals surface area contributed by atoms with Gasteiger partial charge in [-0.15, -0.1) is 23.5 Å². The van der Waals surface area contributed by atoms with E-state index in [2.05, 4.69) is 35.7 Å². The standard InChI is InChI=1S/C23H19Cl2NS2/c24-20-10-6-18(7-11-20)16-27-15-14-23(26-22-4-2-1-3-5-22)28-17-19-8-12-21(25)13-9-19/h1-15H,16-17H2. The molecule has 0 saturated heterocycles. The van der Waals surface area contributed by atoms with Crippen molar-refractivity contribution in [3.05, 3.63) is 112 Å². The maximum absolute atomic E-state index is 5.97. The summed E-state index contributed by atoms with van der Waals surface area (Å²) in [5.41, 5.74) is 3.42. The molecule has 5 heteroatoms. The van der Waals surface area contributed by atoms with Crippen molar-refractivity contribution in [3.63, 3.8) is 0 Å². The average Bonchev–Trinajstić information content (AvgIpc) is 2.72. The van der Waals surface area contributed by atoms with E-state index in [1.807, 2.05) is 54.6 Å². The number of para-hydroxylation sites is 1. The van der Waals surface area contributed by atoms with Crippen molar-refractivity contribution in [1.29, 1.82) is 0 Å². The molecule has 0 aliphatic heterocycles. The minimum atomic E-state index is 0.755. The third-order valence-electron chi connectivity index (χ3n) is 3.77. The van der Waals surface area contributed by atoms with Gasteiger partial charge in [0.25, 0.3) is 0 Å². The Kier molecular flexibility index (Phi) is 8.56. The molecule has 0 spiro atoms. The largest absolute Gasteiger partial charge is 0.242 e. The van der Waals surface area contributed by atoms with Gasteiger partial charge >= 0.3 is 0 Å². The fraction of sp³-hybridized carbons (Fsp3) is 0.0870. The number of benzene rings is 3. The molecule has 0 fully saturated rings. The first-order valence-electron chi connectivity index (χ1n) is 8.72. The highest BCUT2D eigenvalue weighted by atomic mass is 35.5. The molecule has 1 nitrogen and oxygen atoms in total. The second-order valence-corrected chi connectivity index (χ2v) is 8.70. The summed E-state index contributed by atoms with van der Waals surface area (Å²) < 4.78 is 0. The van der Waals surface area contributed by atoms with Gasteiger partial charge in [0.1, 0.15) is 0 Å². The zero-order chi connectivity index (χ0) is 19.6. The number of rotatable bonds is 7. The Morgan fingerprint density at radius 3 is 1.93 bits per heavy atom. The zero-order valence-corrected chi connectivity index (χ0v) is 18.2. The van der Waals surface area contributed by atoms with Gasteiger partial charge in [-0.3, -0.25) is 0 Å². The number of hydrogen-bond acceptors (Lipinski definition) is 3. The van der Waals surface area contributed by atoms with Crippen LogP contribution in [0.4, 0.5) is 5.69 Å². The molecule has 0 atom stereocenters. The SMILES string of the molecule is Clc1ccc(CSC=CC(=Nc2ccccc2)SCc2ccc(Cl)cc2)cc1. The second kappa shape index (κ2) is 11.4. The van der Waals surface area contributed by atoms with Gasteiger partial charge in [0.2, 0.25) is 0 Å². The fourth-order valence-electron chi connectivity index (χ4n) is 2.32. The molecule has 0 bridgehead atoms. The Hall–Kier alpha value is -1.65. The van der Waals surface area contributed by atoms with Crippen LogP contribution in [0.3, 0.4) is 0 Å². The van der Waals surface area contributed by atoms with Gasteiger partial charge in [-0.1, -0.05) is 65.7 Å². The van der Waals surface area contributed by atoms with Crippen LogP contribution in [0.15, 0.2) is 95.3 Å². The van der Waals surface area contributed by atoms with Gasteiger partial charge in [-0.2, -0.15) is 0 Å². The molecule has 3 aromatic rings. The molecule has 3 rings (SSSR count). The number of aliphatic imine (C=N–C) groups is 1. The summed E-state index contributed by atoms with van der Waals surface area (Å²) >= 11 is 15.4. The molecule has 0 heterocycles. The van der Waals surface area contributed by atoms with E-state index in [1.54, 1.807) is 23.5 Å². The van der Waals surface area contributed by atoms with Crippen molar-refractivity contribution in [2.45, 2.75) is 11.5 Å². The van der Waals surface area contributed by atoms with E-state index in [9.17, 15) is 0 Å². The summed E-state index contributed by atoms with van der Waals surface area (Å²) in [5.74, 6) is 1.74. The van der Waals surface area contributed by atoms with Crippen LogP contribution < -0.4 is 0 Å². The van der Waals surface area contributed by atoms with Crippen molar-refractivity contribution >= 4 is 57.5 Å². The minimum Gasteiger partial charge on any atom is -0.242 e. The van der Waals surface area contributed by atoms with E-state index in [1.165, 1.54) is 11.1 Å². The summed E-state index contributed by atoms with van der Waals surface area (Å²) in [4.78, 5) is 4.78. The molecular formula is C23H19Cl2NS2. The summed E-state index contributed by atoms with van der Waals surface area (Å²) in [7, 11) is 0. The minimum absolute atomic E-state index is 0.755. The van der Waals surface area contributed by atoms with Gasteiger partial charge in [0, 0.05) is 21.6 Å². The maximum Gasteiger partial charge on any atom is 0.0975 e. The highest BCUT2D eigenvalue weighted by Crippen LogP contribution is 2.22. The summed E-state index contributed by atoms with van der Waals surface area (Å²) in [6.45, 7) is 0. The molecule has 0 aromatic heterocycles. The third kappa shape index (κ3) is 7.40. The first kappa shape index (κ1) is 21.1.